The fraction of sp³-hybridized carbons (Fsp3) is 0.250. The molecule has 0 spiro atoms. The Morgan fingerprint density at radius 3 is 2.57 bits per heavy atom. The Kier molecular flexibility index (Phi) is 3.20. The summed E-state index contributed by atoms with van der Waals surface area (Å²) in [5.41, 5.74) is 1.12. The van der Waals surface area contributed by atoms with Gasteiger partial charge in [-0.25, -0.2) is 9.53 Å². The SMILES string of the molecule is Cc1cc(F)cc(COS(N)(=O)=O)c1. The van der Waals surface area contributed by atoms with Crippen LogP contribution in [0.3, 0.4) is 0 Å². The van der Waals surface area contributed by atoms with Crippen LogP contribution in [0.2, 0.25) is 0 Å². The predicted molar refractivity (Wildman–Crippen MR) is 49.0 cm³/mol. The van der Waals surface area contributed by atoms with Gasteiger partial charge in [-0.15, -0.1) is 0 Å². The summed E-state index contributed by atoms with van der Waals surface area (Å²) in [6, 6.07) is 4.15. The van der Waals surface area contributed by atoms with Gasteiger partial charge in [-0.05, 0) is 30.2 Å². The summed E-state index contributed by atoms with van der Waals surface area (Å²) >= 11 is 0. The Morgan fingerprint density at radius 2 is 2.07 bits per heavy atom. The van der Waals surface area contributed by atoms with Crippen LogP contribution in [0.5, 0.6) is 0 Å². The maximum absolute atomic E-state index is 12.8. The van der Waals surface area contributed by atoms with Gasteiger partial charge in [0.15, 0.2) is 0 Å². The minimum Gasteiger partial charge on any atom is -0.253 e. The average molecular weight is 219 g/mol. The fourth-order valence-electron chi connectivity index (χ4n) is 1.05. The zero-order chi connectivity index (χ0) is 10.8. The van der Waals surface area contributed by atoms with Crippen LogP contribution >= 0.6 is 0 Å². The van der Waals surface area contributed by atoms with E-state index in [0.29, 0.717) is 11.1 Å². The summed E-state index contributed by atoms with van der Waals surface area (Å²) in [6.07, 6.45) is 0. The molecule has 0 unspecified atom stereocenters. The molecule has 2 N–H and O–H groups in total. The Hall–Kier alpha value is -0.980. The van der Waals surface area contributed by atoms with Crippen LogP contribution in [0.1, 0.15) is 11.1 Å². The van der Waals surface area contributed by atoms with Crippen molar-refractivity contribution in [2.75, 3.05) is 0 Å². The van der Waals surface area contributed by atoms with E-state index in [9.17, 15) is 12.8 Å². The van der Waals surface area contributed by atoms with Gasteiger partial charge in [-0.1, -0.05) is 6.07 Å². The summed E-state index contributed by atoms with van der Waals surface area (Å²) in [4.78, 5) is 0. The second-order valence-corrected chi connectivity index (χ2v) is 4.11. The van der Waals surface area contributed by atoms with Crippen LogP contribution in [-0.2, 0) is 21.1 Å². The van der Waals surface area contributed by atoms with E-state index in [-0.39, 0.29) is 6.61 Å². The van der Waals surface area contributed by atoms with E-state index >= 15 is 0 Å². The molecule has 0 fully saturated rings. The molecule has 4 nitrogen and oxygen atoms in total. The molecule has 0 radical (unpaired) electrons. The zero-order valence-corrected chi connectivity index (χ0v) is 8.34. The standard InChI is InChI=1S/C8H10FNO3S/c1-6-2-7(4-8(9)3-6)5-13-14(10,11)12/h2-4H,5H2,1H3,(H2,10,11,12). The molecule has 1 aromatic carbocycles. The monoisotopic (exact) mass is 219 g/mol. The quantitative estimate of drug-likeness (QED) is 0.819. The number of halogens is 1. The molecule has 0 amide bonds. The van der Waals surface area contributed by atoms with E-state index in [1.54, 1.807) is 13.0 Å². The topological polar surface area (TPSA) is 69.4 Å². The number of nitrogens with two attached hydrogens (primary N) is 1. The third kappa shape index (κ3) is 3.82. The molecule has 14 heavy (non-hydrogen) atoms. The Morgan fingerprint density at radius 1 is 1.43 bits per heavy atom. The molecular formula is C8H10FNO3S. The number of rotatable bonds is 3. The number of benzene rings is 1. The smallest absolute Gasteiger partial charge is 0.253 e. The molecule has 0 bridgehead atoms. The van der Waals surface area contributed by atoms with Gasteiger partial charge in [-0.2, -0.15) is 8.42 Å². The van der Waals surface area contributed by atoms with E-state index in [4.69, 9.17) is 0 Å². The van der Waals surface area contributed by atoms with Crippen molar-refractivity contribution in [1.29, 1.82) is 0 Å². The van der Waals surface area contributed by atoms with Crippen molar-refractivity contribution >= 4 is 10.3 Å². The highest BCUT2D eigenvalue weighted by atomic mass is 32.2. The Labute approximate surface area is 81.8 Å². The molecule has 6 heteroatoms. The van der Waals surface area contributed by atoms with Crippen molar-refractivity contribution in [1.82, 2.24) is 0 Å². The minimum atomic E-state index is -3.97. The molecule has 0 heterocycles. The molecule has 0 aliphatic heterocycles. The molecule has 1 aromatic rings. The first-order valence-corrected chi connectivity index (χ1v) is 5.27. The lowest BCUT2D eigenvalue weighted by Crippen LogP contribution is -2.15. The first-order chi connectivity index (χ1) is 6.37. The second kappa shape index (κ2) is 4.04. The van der Waals surface area contributed by atoms with Crippen LogP contribution in [0, 0.1) is 12.7 Å². The van der Waals surface area contributed by atoms with Gasteiger partial charge >= 0.3 is 10.3 Å². The van der Waals surface area contributed by atoms with Crippen LogP contribution in [0.15, 0.2) is 18.2 Å². The van der Waals surface area contributed by atoms with Gasteiger partial charge in [0.1, 0.15) is 5.82 Å². The Bertz CT molecular complexity index is 410. The van der Waals surface area contributed by atoms with Crippen molar-refractivity contribution in [2.24, 2.45) is 5.14 Å². The fourth-order valence-corrected chi connectivity index (χ4v) is 1.35. The molecule has 0 aliphatic rings. The maximum Gasteiger partial charge on any atom is 0.333 e. The first-order valence-electron chi connectivity index (χ1n) is 3.80. The van der Waals surface area contributed by atoms with Crippen LogP contribution < -0.4 is 5.14 Å². The molecule has 0 aromatic heterocycles. The van der Waals surface area contributed by atoms with Crippen LogP contribution in [-0.4, -0.2) is 8.42 Å². The van der Waals surface area contributed by atoms with Gasteiger partial charge in [0.25, 0.3) is 0 Å². The molecule has 1 rings (SSSR count). The van der Waals surface area contributed by atoms with Gasteiger partial charge in [0, 0.05) is 0 Å². The third-order valence-electron chi connectivity index (χ3n) is 1.49. The van der Waals surface area contributed by atoms with E-state index in [1.807, 2.05) is 0 Å². The Balaban J connectivity index is 2.78. The summed E-state index contributed by atoms with van der Waals surface area (Å²) in [7, 11) is -3.97. The summed E-state index contributed by atoms with van der Waals surface area (Å²) in [6.45, 7) is 1.45. The lowest BCUT2D eigenvalue weighted by atomic mass is 10.1. The van der Waals surface area contributed by atoms with Crippen LogP contribution in [0.4, 0.5) is 4.39 Å². The van der Waals surface area contributed by atoms with Gasteiger partial charge in [0.2, 0.25) is 0 Å². The zero-order valence-electron chi connectivity index (χ0n) is 7.53. The van der Waals surface area contributed by atoms with E-state index in [1.165, 1.54) is 12.1 Å². The predicted octanol–water partition coefficient (Wildman–Crippen LogP) is 0.854. The van der Waals surface area contributed by atoms with E-state index in [2.05, 4.69) is 9.32 Å². The number of hydrogen-bond acceptors (Lipinski definition) is 3. The third-order valence-corrected chi connectivity index (χ3v) is 1.94. The highest BCUT2D eigenvalue weighted by Crippen LogP contribution is 2.09. The molecule has 0 saturated heterocycles. The molecular weight excluding hydrogens is 209 g/mol. The summed E-state index contributed by atoms with van der Waals surface area (Å²) in [5.74, 6) is -0.432. The van der Waals surface area contributed by atoms with Crippen molar-refractivity contribution < 1.29 is 17.0 Å². The van der Waals surface area contributed by atoms with Crippen molar-refractivity contribution in [3.63, 3.8) is 0 Å². The first kappa shape index (κ1) is 11.1. The van der Waals surface area contributed by atoms with Crippen molar-refractivity contribution in [2.45, 2.75) is 13.5 Å². The van der Waals surface area contributed by atoms with Gasteiger partial charge < -0.3 is 0 Å². The van der Waals surface area contributed by atoms with Crippen molar-refractivity contribution in [3.05, 3.63) is 35.1 Å². The molecule has 0 aliphatic carbocycles. The summed E-state index contributed by atoms with van der Waals surface area (Å²) in [5, 5.41) is 4.62. The lowest BCUT2D eigenvalue weighted by molar-refractivity contribution is 0.308. The second-order valence-electron chi connectivity index (χ2n) is 2.89. The summed E-state index contributed by atoms with van der Waals surface area (Å²) < 4.78 is 38.0. The highest BCUT2D eigenvalue weighted by Gasteiger charge is 2.04. The largest absolute Gasteiger partial charge is 0.333 e. The number of hydrogen-bond donors (Lipinski definition) is 1. The highest BCUT2D eigenvalue weighted by molar-refractivity contribution is 7.84. The van der Waals surface area contributed by atoms with Crippen LogP contribution in [0.25, 0.3) is 0 Å². The molecule has 0 saturated carbocycles. The maximum atomic E-state index is 12.8. The molecule has 0 atom stereocenters. The minimum absolute atomic E-state index is 0.253. The van der Waals surface area contributed by atoms with Crippen molar-refractivity contribution in [3.8, 4) is 0 Å². The lowest BCUT2D eigenvalue weighted by Gasteiger charge is -2.02. The van der Waals surface area contributed by atoms with E-state index < -0.39 is 16.1 Å². The average Bonchev–Trinajstić information content (AvgIpc) is 1.97. The number of aryl methyl sites for hydroxylation is 1. The van der Waals surface area contributed by atoms with E-state index in [0.717, 1.165) is 0 Å². The normalized spacial score (nSPS) is 11.6. The van der Waals surface area contributed by atoms with Gasteiger partial charge in [-0.3, -0.25) is 4.18 Å². The molecule has 78 valence electrons. The van der Waals surface area contributed by atoms with Gasteiger partial charge in [0.05, 0.1) is 6.61 Å².